The highest BCUT2D eigenvalue weighted by atomic mass is 32.2. The number of hydrogen-bond donors (Lipinski definition) is 3. The molecule has 9 heteroatoms. The normalized spacial score (nSPS) is 30.9. The van der Waals surface area contributed by atoms with Gasteiger partial charge in [0.25, 0.3) is 0 Å². The van der Waals surface area contributed by atoms with Crippen molar-refractivity contribution >= 4 is 22.0 Å². The number of sulfonamides is 1. The summed E-state index contributed by atoms with van der Waals surface area (Å²) in [5, 5.41) is 22.1. The number of fused-ring (bicyclic) bond motifs is 4. The van der Waals surface area contributed by atoms with Crippen LogP contribution in [0.1, 0.15) is 76.3 Å². The molecule has 1 aliphatic heterocycles. The molecule has 2 bridgehead atoms. The topological polar surface area (TPSA) is 124 Å². The van der Waals surface area contributed by atoms with Crippen LogP contribution in [-0.2, 0) is 31.4 Å². The van der Waals surface area contributed by atoms with E-state index >= 15 is 0 Å². The molecular formula is C28H40N2O6S. The predicted octanol–water partition coefficient (Wildman–Crippen LogP) is 3.40. The lowest BCUT2D eigenvalue weighted by atomic mass is 9.68. The zero-order valence-electron chi connectivity index (χ0n) is 21.9. The second-order valence-corrected chi connectivity index (χ2v) is 14.5. The highest BCUT2D eigenvalue weighted by Crippen LogP contribution is 2.66. The molecule has 1 spiro atoms. The first kappa shape index (κ1) is 26.6. The number of aliphatic carboxylic acids is 2. The standard InChI is InChI=1S/C28H40N2O6S/c1-26(2)20-10-12-28(26,23(17-20)29-22(25(33)34)7-8-24(31)32)18-37(35,36)30-15-13-27(14-16-30)11-9-19-5-3-4-6-21(19)27/h3-6,20,22-23,29H,7-18H2,1-2H3,(H,31,32)(H,33,34)/t20-,22?,23+,28-/m1/s1. The van der Waals surface area contributed by atoms with Crippen molar-refractivity contribution in [1.29, 1.82) is 0 Å². The molecule has 4 atom stereocenters. The van der Waals surface area contributed by atoms with Gasteiger partial charge in [-0.2, -0.15) is 0 Å². The second-order valence-electron chi connectivity index (χ2n) is 12.5. The van der Waals surface area contributed by atoms with Crippen molar-refractivity contribution < 1.29 is 28.2 Å². The van der Waals surface area contributed by atoms with E-state index in [0.717, 1.165) is 44.9 Å². The van der Waals surface area contributed by atoms with Crippen LogP contribution in [0.4, 0.5) is 0 Å². The molecule has 4 aliphatic rings. The summed E-state index contributed by atoms with van der Waals surface area (Å²) in [6.45, 7) is 5.31. The zero-order valence-corrected chi connectivity index (χ0v) is 22.7. The van der Waals surface area contributed by atoms with Crippen LogP contribution >= 0.6 is 0 Å². The van der Waals surface area contributed by atoms with E-state index in [9.17, 15) is 23.1 Å². The smallest absolute Gasteiger partial charge is 0.320 e. The number of hydrogen-bond acceptors (Lipinski definition) is 5. The fourth-order valence-electron chi connectivity index (χ4n) is 8.34. The van der Waals surface area contributed by atoms with E-state index in [2.05, 4.69) is 43.4 Å². The van der Waals surface area contributed by atoms with Crippen LogP contribution in [-0.4, -0.2) is 65.8 Å². The molecule has 3 fully saturated rings. The fourth-order valence-corrected chi connectivity index (χ4v) is 10.6. The van der Waals surface area contributed by atoms with Crippen molar-refractivity contribution in [1.82, 2.24) is 9.62 Å². The first-order valence-corrected chi connectivity index (χ1v) is 15.3. The maximum Gasteiger partial charge on any atom is 0.320 e. The SMILES string of the molecule is CC1(C)[C@@H]2CC[C@@]1(CS(=O)(=O)N1CCC3(CCc4ccccc43)CC1)[C@@H](NC(CCC(=O)O)C(=O)O)C2. The van der Waals surface area contributed by atoms with Crippen molar-refractivity contribution in [2.75, 3.05) is 18.8 Å². The maximum absolute atomic E-state index is 13.9. The van der Waals surface area contributed by atoms with Gasteiger partial charge in [-0.15, -0.1) is 0 Å². The minimum Gasteiger partial charge on any atom is -0.481 e. The summed E-state index contributed by atoms with van der Waals surface area (Å²) in [5.41, 5.74) is 2.03. The quantitative estimate of drug-likeness (QED) is 0.445. The van der Waals surface area contributed by atoms with E-state index in [4.69, 9.17) is 5.11 Å². The second kappa shape index (κ2) is 9.35. The lowest BCUT2D eigenvalue weighted by Crippen LogP contribution is -2.57. The molecule has 1 heterocycles. The Kier molecular flexibility index (Phi) is 6.73. The van der Waals surface area contributed by atoms with Gasteiger partial charge in [0.05, 0.1) is 5.75 Å². The highest BCUT2D eigenvalue weighted by molar-refractivity contribution is 7.89. The lowest BCUT2D eigenvalue weighted by molar-refractivity contribution is -0.141. The Hall–Kier alpha value is -1.97. The third-order valence-corrected chi connectivity index (χ3v) is 12.8. The maximum atomic E-state index is 13.9. The number of nitrogens with zero attached hydrogens (tertiary/aromatic N) is 1. The van der Waals surface area contributed by atoms with Crippen molar-refractivity contribution in [3.63, 3.8) is 0 Å². The van der Waals surface area contributed by atoms with E-state index in [1.165, 1.54) is 11.1 Å². The Morgan fingerprint density at radius 3 is 2.46 bits per heavy atom. The monoisotopic (exact) mass is 532 g/mol. The van der Waals surface area contributed by atoms with Crippen LogP contribution in [0.2, 0.25) is 0 Å². The molecule has 204 valence electrons. The van der Waals surface area contributed by atoms with E-state index in [0.29, 0.717) is 19.0 Å². The number of nitrogens with one attached hydrogen (secondary N) is 1. The average molecular weight is 533 g/mol. The number of carboxylic acids is 2. The third kappa shape index (κ3) is 4.40. The Morgan fingerprint density at radius 2 is 1.81 bits per heavy atom. The van der Waals surface area contributed by atoms with Crippen molar-refractivity contribution in [3.8, 4) is 0 Å². The van der Waals surface area contributed by atoms with Gasteiger partial charge in [0, 0.05) is 31.0 Å². The molecule has 1 aromatic carbocycles. The number of piperidine rings is 1. The van der Waals surface area contributed by atoms with Crippen LogP contribution < -0.4 is 5.32 Å². The molecule has 1 unspecified atom stereocenters. The van der Waals surface area contributed by atoms with E-state index in [-0.39, 0.29) is 35.5 Å². The number of carboxylic acid groups (broad SMARTS) is 2. The first-order chi connectivity index (χ1) is 17.4. The molecule has 8 nitrogen and oxygen atoms in total. The van der Waals surface area contributed by atoms with Gasteiger partial charge in [-0.1, -0.05) is 38.1 Å². The summed E-state index contributed by atoms with van der Waals surface area (Å²) in [5.74, 6) is -1.80. The van der Waals surface area contributed by atoms with Gasteiger partial charge in [-0.05, 0) is 79.2 Å². The zero-order chi connectivity index (χ0) is 26.6. The van der Waals surface area contributed by atoms with Crippen LogP contribution in [0.25, 0.3) is 0 Å². The third-order valence-electron chi connectivity index (χ3n) is 10.8. The van der Waals surface area contributed by atoms with Crippen LogP contribution in [0.3, 0.4) is 0 Å². The number of carbonyl (C=O) groups is 2. The van der Waals surface area contributed by atoms with Crippen LogP contribution in [0, 0.1) is 16.7 Å². The molecule has 37 heavy (non-hydrogen) atoms. The lowest BCUT2D eigenvalue weighted by Gasteiger charge is -2.45. The van der Waals surface area contributed by atoms with Crippen molar-refractivity contribution in [2.24, 2.45) is 16.7 Å². The van der Waals surface area contributed by atoms with E-state index in [1.807, 2.05) is 0 Å². The molecule has 0 aromatic heterocycles. The Balaban J connectivity index is 1.33. The average Bonchev–Trinajstić information content (AvgIpc) is 3.38. The summed E-state index contributed by atoms with van der Waals surface area (Å²) in [6.07, 6.45) is 5.93. The Labute approximate surface area is 219 Å². The van der Waals surface area contributed by atoms with Gasteiger partial charge in [0.2, 0.25) is 10.0 Å². The molecule has 5 rings (SSSR count). The van der Waals surface area contributed by atoms with Crippen molar-refractivity contribution in [2.45, 2.75) is 89.1 Å². The number of benzene rings is 1. The molecule has 0 radical (unpaired) electrons. The Morgan fingerprint density at radius 1 is 1.11 bits per heavy atom. The first-order valence-electron chi connectivity index (χ1n) is 13.7. The van der Waals surface area contributed by atoms with Gasteiger partial charge < -0.3 is 15.5 Å². The molecule has 1 aromatic rings. The Bertz CT molecular complexity index is 1170. The van der Waals surface area contributed by atoms with Crippen LogP contribution in [0.5, 0.6) is 0 Å². The number of rotatable bonds is 9. The molecule has 3 aliphatic carbocycles. The summed E-state index contributed by atoms with van der Waals surface area (Å²) in [7, 11) is -3.57. The molecule has 2 saturated carbocycles. The molecular weight excluding hydrogens is 492 g/mol. The summed E-state index contributed by atoms with van der Waals surface area (Å²) in [6, 6.07) is 7.29. The van der Waals surface area contributed by atoms with Crippen molar-refractivity contribution in [3.05, 3.63) is 35.4 Å². The van der Waals surface area contributed by atoms with E-state index in [1.54, 1.807) is 4.31 Å². The van der Waals surface area contributed by atoms with E-state index < -0.39 is 33.4 Å². The summed E-state index contributed by atoms with van der Waals surface area (Å²) < 4.78 is 29.6. The minimum absolute atomic E-state index is 0.00994. The highest BCUT2D eigenvalue weighted by Gasteiger charge is 2.65. The van der Waals surface area contributed by atoms with Crippen LogP contribution in [0.15, 0.2) is 24.3 Å². The largest absolute Gasteiger partial charge is 0.481 e. The summed E-state index contributed by atoms with van der Waals surface area (Å²) >= 11 is 0. The van der Waals surface area contributed by atoms with Gasteiger partial charge in [-0.3, -0.25) is 9.59 Å². The summed E-state index contributed by atoms with van der Waals surface area (Å²) in [4.78, 5) is 23.0. The predicted molar refractivity (Wildman–Crippen MR) is 140 cm³/mol. The van der Waals surface area contributed by atoms with Gasteiger partial charge in [0.1, 0.15) is 6.04 Å². The fraction of sp³-hybridized carbons (Fsp3) is 0.714. The number of aryl methyl sites for hydroxylation is 1. The minimum atomic E-state index is -3.57. The molecule has 3 N–H and O–H groups in total. The van der Waals surface area contributed by atoms with Gasteiger partial charge >= 0.3 is 11.9 Å². The molecule has 1 saturated heterocycles. The molecule has 0 amide bonds. The van der Waals surface area contributed by atoms with Gasteiger partial charge in [-0.25, -0.2) is 12.7 Å². The van der Waals surface area contributed by atoms with Gasteiger partial charge in [0.15, 0.2) is 0 Å².